The predicted octanol–water partition coefficient (Wildman–Crippen LogP) is 17.7. The first kappa shape index (κ1) is 58.6. The lowest BCUT2D eigenvalue weighted by Crippen LogP contribution is -2.45. The molecule has 3 N–H and O–H groups in total. The van der Waals surface area contributed by atoms with Gasteiger partial charge in [-0.2, -0.15) is 0 Å². The van der Waals surface area contributed by atoms with Gasteiger partial charge in [0, 0.05) is 6.42 Å². The van der Waals surface area contributed by atoms with E-state index in [9.17, 15) is 15.0 Å². The van der Waals surface area contributed by atoms with E-state index < -0.39 is 12.1 Å². The van der Waals surface area contributed by atoms with Gasteiger partial charge in [0.05, 0.1) is 18.8 Å². The molecule has 354 valence electrons. The molecule has 4 nitrogen and oxygen atoms in total. The molecule has 0 rings (SSSR count). The van der Waals surface area contributed by atoms with Gasteiger partial charge in [-0.1, -0.05) is 275 Å². The Morgan fingerprint density at radius 1 is 0.400 bits per heavy atom. The monoisotopic (exact) mass is 842 g/mol. The Balaban J connectivity index is 3.48. The molecular weight excluding hydrogens is 735 g/mol. The first-order chi connectivity index (χ1) is 29.7. The predicted molar refractivity (Wildman–Crippen MR) is 267 cm³/mol. The molecule has 0 saturated carbocycles. The van der Waals surface area contributed by atoms with Crippen molar-refractivity contribution in [1.29, 1.82) is 0 Å². The fourth-order valence-corrected chi connectivity index (χ4v) is 8.45. The Morgan fingerprint density at radius 2 is 0.683 bits per heavy atom. The second-order valence-electron chi connectivity index (χ2n) is 18.7. The minimum Gasteiger partial charge on any atom is -0.394 e. The summed E-state index contributed by atoms with van der Waals surface area (Å²) in [4.78, 5) is 12.4. The lowest BCUT2D eigenvalue weighted by molar-refractivity contribution is -0.123. The van der Waals surface area contributed by atoms with Crippen molar-refractivity contribution in [3.8, 4) is 0 Å². The number of allylic oxidation sites excluding steroid dienone is 5. The van der Waals surface area contributed by atoms with Crippen LogP contribution in [0.25, 0.3) is 0 Å². The van der Waals surface area contributed by atoms with Crippen molar-refractivity contribution < 1.29 is 15.0 Å². The molecule has 0 aromatic rings. The molecule has 2 atom stereocenters. The summed E-state index contributed by atoms with van der Waals surface area (Å²) in [5.74, 6) is -0.0656. The number of hydrogen-bond donors (Lipinski definition) is 3. The van der Waals surface area contributed by atoms with Gasteiger partial charge in [0.1, 0.15) is 0 Å². The maximum atomic E-state index is 12.4. The van der Waals surface area contributed by atoms with Crippen LogP contribution in [0.2, 0.25) is 0 Å². The molecule has 0 saturated heterocycles. The zero-order valence-electron chi connectivity index (χ0n) is 40.7. The Labute approximate surface area is 376 Å². The number of aliphatic hydroxyl groups excluding tert-OH is 2. The van der Waals surface area contributed by atoms with Crippen LogP contribution in [-0.4, -0.2) is 34.9 Å². The molecule has 0 aliphatic carbocycles. The van der Waals surface area contributed by atoms with Gasteiger partial charge in [-0.05, 0) is 51.4 Å². The molecule has 0 radical (unpaired) electrons. The number of carbonyl (C=O) groups excluding carboxylic acids is 1. The SMILES string of the molecule is CCCCC/C=C\C/C=C\CCCCCCCCCCCC(=O)NC(CO)C(O)/C=C/CCCCCCCCCCCCCCCCCCCCCCCCCCCCC. The van der Waals surface area contributed by atoms with Crippen LogP contribution in [0.4, 0.5) is 0 Å². The van der Waals surface area contributed by atoms with E-state index in [2.05, 4.69) is 43.5 Å². The minimum atomic E-state index is -0.842. The second-order valence-corrected chi connectivity index (χ2v) is 18.7. The molecular formula is C56H107NO3. The smallest absolute Gasteiger partial charge is 0.220 e. The molecule has 60 heavy (non-hydrogen) atoms. The molecule has 0 fully saturated rings. The highest BCUT2D eigenvalue weighted by Crippen LogP contribution is 2.17. The van der Waals surface area contributed by atoms with E-state index in [1.54, 1.807) is 6.08 Å². The van der Waals surface area contributed by atoms with Crippen LogP contribution in [0.5, 0.6) is 0 Å². The number of carbonyl (C=O) groups is 1. The van der Waals surface area contributed by atoms with E-state index in [-0.39, 0.29) is 12.5 Å². The number of aliphatic hydroxyl groups is 2. The maximum Gasteiger partial charge on any atom is 0.220 e. The van der Waals surface area contributed by atoms with Crippen molar-refractivity contribution in [3.05, 3.63) is 36.5 Å². The number of unbranched alkanes of at least 4 members (excludes halogenated alkanes) is 39. The number of amides is 1. The normalized spacial score (nSPS) is 13.1. The van der Waals surface area contributed by atoms with Crippen LogP contribution in [0.15, 0.2) is 36.5 Å². The fraction of sp³-hybridized carbons (Fsp3) is 0.875. The van der Waals surface area contributed by atoms with Crippen LogP contribution in [-0.2, 0) is 4.79 Å². The number of rotatable bonds is 50. The topological polar surface area (TPSA) is 69.6 Å². The summed E-state index contributed by atoms with van der Waals surface area (Å²) >= 11 is 0. The van der Waals surface area contributed by atoms with Crippen LogP contribution in [0.3, 0.4) is 0 Å². The van der Waals surface area contributed by atoms with E-state index in [0.29, 0.717) is 6.42 Å². The van der Waals surface area contributed by atoms with Crippen LogP contribution < -0.4 is 5.32 Å². The summed E-state index contributed by atoms with van der Waals surface area (Å²) in [7, 11) is 0. The molecule has 0 aromatic heterocycles. The van der Waals surface area contributed by atoms with E-state index in [1.807, 2.05) is 6.08 Å². The molecule has 0 aromatic carbocycles. The molecule has 0 aliphatic heterocycles. The highest BCUT2D eigenvalue weighted by atomic mass is 16.3. The first-order valence-electron chi connectivity index (χ1n) is 27.2. The Hall–Kier alpha value is -1.39. The summed E-state index contributed by atoms with van der Waals surface area (Å²) in [6.45, 7) is 4.31. The summed E-state index contributed by atoms with van der Waals surface area (Å²) in [5, 5.41) is 23.2. The van der Waals surface area contributed by atoms with Gasteiger partial charge in [-0.25, -0.2) is 0 Å². The third-order valence-electron chi connectivity index (χ3n) is 12.6. The largest absolute Gasteiger partial charge is 0.394 e. The van der Waals surface area contributed by atoms with Crippen molar-refractivity contribution in [2.45, 2.75) is 309 Å². The third kappa shape index (κ3) is 47.7. The molecule has 4 heteroatoms. The molecule has 0 heterocycles. The summed E-state index contributed by atoms with van der Waals surface area (Å²) in [5.41, 5.74) is 0. The second kappa shape index (κ2) is 52.0. The first-order valence-corrected chi connectivity index (χ1v) is 27.2. The highest BCUT2D eigenvalue weighted by molar-refractivity contribution is 5.76. The van der Waals surface area contributed by atoms with Gasteiger partial charge < -0.3 is 15.5 Å². The van der Waals surface area contributed by atoms with Gasteiger partial charge in [-0.3, -0.25) is 4.79 Å². The van der Waals surface area contributed by atoms with Crippen LogP contribution >= 0.6 is 0 Å². The molecule has 0 bridgehead atoms. The van der Waals surface area contributed by atoms with Gasteiger partial charge in [-0.15, -0.1) is 0 Å². The van der Waals surface area contributed by atoms with E-state index in [0.717, 1.165) is 32.1 Å². The fourth-order valence-electron chi connectivity index (χ4n) is 8.45. The summed E-state index contributed by atoms with van der Waals surface area (Å²) in [6, 6.07) is -0.625. The molecule has 0 spiro atoms. The van der Waals surface area contributed by atoms with Crippen molar-refractivity contribution in [2.24, 2.45) is 0 Å². The Bertz CT molecular complexity index is 912. The van der Waals surface area contributed by atoms with Gasteiger partial charge in [0.15, 0.2) is 0 Å². The minimum absolute atomic E-state index is 0.0656. The van der Waals surface area contributed by atoms with Crippen LogP contribution in [0, 0.1) is 0 Å². The standard InChI is InChI=1S/C56H107NO3/c1-3-5-7-9-11-13-15-17-19-21-23-24-25-26-27-28-29-30-31-32-34-35-37-39-41-43-45-47-49-51-55(59)54(53-58)57-56(60)52-50-48-46-44-42-40-38-36-33-22-20-18-16-14-12-10-8-6-4-2/h12,14,18,20,49,51,54-55,58-59H,3-11,13,15-17,19,21-48,50,52-53H2,1-2H3,(H,57,60)/b14-12-,20-18-,51-49+. The maximum absolute atomic E-state index is 12.4. The van der Waals surface area contributed by atoms with Crippen molar-refractivity contribution in [1.82, 2.24) is 5.32 Å². The van der Waals surface area contributed by atoms with Crippen molar-refractivity contribution in [2.75, 3.05) is 6.61 Å². The van der Waals surface area contributed by atoms with E-state index in [4.69, 9.17) is 0 Å². The van der Waals surface area contributed by atoms with Gasteiger partial charge in [0.25, 0.3) is 0 Å². The van der Waals surface area contributed by atoms with Gasteiger partial charge in [0.2, 0.25) is 5.91 Å². The molecule has 2 unspecified atom stereocenters. The highest BCUT2D eigenvalue weighted by Gasteiger charge is 2.18. The molecule has 1 amide bonds. The quantitative estimate of drug-likeness (QED) is 0.0422. The summed E-state index contributed by atoms with van der Waals surface area (Å²) in [6.07, 6.45) is 70.1. The lowest BCUT2D eigenvalue weighted by atomic mass is 10.0. The van der Waals surface area contributed by atoms with Gasteiger partial charge >= 0.3 is 0 Å². The zero-order chi connectivity index (χ0) is 43.5. The Morgan fingerprint density at radius 3 is 1.03 bits per heavy atom. The van der Waals surface area contributed by atoms with E-state index in [1.165, 1.54) is 244 Å². The average Bonchev–Trinajstić information content (AvgIpc) is 3.25. The average molecular weight is 842 g/mol. The number of hydrogen-bond acceptors (Lipinski definition) is 3. The zero-order valence-corrected chi connectivity index (χ0v) is 40.7. The van der Waals surface area contributed by atoms with Crippen molar-refractivity contribution >= 4 is 5.91 Å². The Kier molecular flexibility index (Phi) is 50.8. The molecule has 0 aliphatic rings. The van der Waals surface area contributed by atoms with Crippen LogP contribution in [0.1, 0.15) is 296 Å². The van der Waals surface area contributed by atoms with Crippen molar-refractivity contribution in [3.63, 3.8) is 0 Å². The lowest BCUT2D eigenvalue weighted by Gasteiger charge is -2.20. The number of nitrogens with one attached hydrogen (secondary N) is 1. The summed E-state index contributed by atoms with van der Waals surface area (Å²) < 4.78 is 0. The van der Waals surface area contributed by atoms with E-state index >= 15 is 0 Å². The third-order valence-corrected chi connectivity index (χ3v) is 12.6.